The lowest BCUT2D eigenvalue weighted by molar-refractivity contribution is 0.220. The molecule has 0 spiro atoms. The van der Waals surface area contributed by atoms with Gasteiger partial charge in [-0.3, -0.25) is 0 Å². The molecule has 0 aliphatic carbocycles. The van der Waals surface area contributed by atoms with E-state index in [1.54, 1.807) is 6.92 Å². The number of benzene rings is 1. The zero-order valence-electron chi connectivity index (χ0n) is 7.13. The van der Waals surface area contributed by atoms with Crippen LogP contribution in [0.2, 0.25) is 0 Å². The van der Waals surface area contributed by atoms with Crippen LogP contribution in [0.15, 0.2) is 23.1 Å². The number of aliphatic hydroxyl groups excluding tert-OH is 1. The minimum atomic E-state index is -0.584. The van der Waals surface area contributed by atoms with Crippen molar-refractivity contribution in [1.82, 2.24) is 0 Å². The lowest BCUT2D eigenvalue weighted by Gasteiger charge is -2.04. The van der Waals surface area contributed by atoms with Gasteiger partial charge in [0.2, 0.25) is 0 Å². The van der Waals surface area contributed by atoms with E-state index < -0.39 is 17.7 Å². The first kappa shape index (κ1) is 10.5. The molecule has 0 aliphatic rings. The number of halogens is 2. The van der Waals surface area contributed by atoms with Gasteiger partial charge in [0.1, 0.15) is 11.6 Å². The standard InChI is InChI=1S/C9H10F2OS/c1-6(12)5-13-9-3-2-7(10)4-8(9)11/h2-4,6,12H,5H2,1H3/t6-/m0/s1. The first-order chi connectivity index (χ1) is 6.09. The first-order valence-corrected chi connectivity index (χ1v) is 4.84. The van der Waals surface area contributed by atoms with Crippen molar-refractivity contribution in [3.63, 3.8) is 0 Å². The second-order valence-electron chi connectivity index (χ2n) is 2.73. The van der Waals surface area contributed by atoms with Crippen molar-refractivity contribution >= 4 is 11.8 Å². The van der Waals surface area contributed by atoms with Crippen molar-refractivity contribution in [2.24, 2.45) is 0 Å². The largest absolute Gasteiger partial charge is 0.393 e. The fourth-order valence-electron chi connectivity index (χ4n) is 0.803. The molecule has 13 heavy (non-hydrogen) atoms. The van der Waals surface area contributed by atoms with Crippen molar-refractivity contribution in [2.45, 2.75) is 17.9 Å². The van der Waals surface area contributed by atoms with Crippen molar-refractivity contribution < 1.29 is 13.9 Å². The number of hydrogen-bond donors (Lipinski definition) is 1. The lowest BCUT2D eigenvalue weighted by Crippen LogP contribution is -2.02. The normalized spacial score (nSPS) is 12.9. The number of hydrogen-bond acceptors (Lipinski definition) is 2. The van der Waals surface area contributed by atoms with Gasteiger partial charge in [-0.25, -0.2) is 8.78 Å². The van der Waals surface area contributed by atoms with Crippen LogP contribution in [0.4, 0.5) is 8.78 Å². The van der Waals surface area contributed by atoms with Crippen LogP contribution in [-0.4, -0.2) is 17.0 Å². The Hall–Kier alpha value is -0.610. The van der Waals surface area contributed by atoms with Gasteiger partial charge in [0.25, 0.3) is 0 Å². The molecule has 1 aromatic rings. The molecule has 1 nitrogen and oxygen atoms in total. The SMILES string of the molecule is C[C@H](O)CSc1ccc(F)cc1F. The Morgan fingerprint density at radius 1 is 1.46 bits per heavy atom. The van der Waals surface area contributed by atoms with Crippen LogP contribution in [0.1, 0.15) is 6.92 Å². The third-order valence-corrected chi connectivity index (χ3v) is 2.67. The van der Waals surface area contributed by atoms with E-state index in [2.05, 4.69) is 0 Å². The minimum Gasteiger partial charge on any atom is -0.393 e. The molecule has 1 atom stereocenters. The van der Waals surface area contributed by atoms with Gasteiger partial charge >= 0.3 is 0 Å². The van der Waals surface area contributed by atoms with Gasteiger partial charge in [0.15, 0.2) is 0 Å². The molecule has 0 heterocycles. The number of thioether (sulfide) groups is 1. The van der Waals surface area contributed by atoms with E-state index in [1.807, 2.05) is 0 Å². The summed E-state index contributed by atoms with van der Waals surface area (Å²) >= 11 is 1.17. The van der Waals surface area contributed by atoms with Gasteiger partial charge in [-0.15, -0.1) is 11.8 Å². The van der Waals surface area contributed by atoms with Crippen LogP contribution in [0, 0.1) is 11.6 Å². The first-order valence-electron chi connectivity index (χ1n) is 3.85. The maximum Gasteiger partial charge on any atom is 0.139 e. The van der Waals surface area contributed by atoms with E-state index in [1.165, 1.54) is 23.9 Å². The molecule has 4 heteroatoms. The monoisotopic (exact) mass is 204 g/mol. The van der Waals surface area contributed by atoms with Gasteiger partial charge < -0.3 is 5.11 Å². The molecule has 0 aliphatic heterocycles. The third-order valence-electron chi connectivity index (χ3n) is 1.37. The quantitative estimate of drug-likeness (QED) is 0.763. The fourth-order valence-corrected chi connectivity index (χ4v) is 1.58. The van der Waals surface area contributed by atoms with E-state index in [9.17, 15) is 8.78 Å². The highest BCUT2D eigenvalue weighted by Gasteiger charge is 2.05. The van der Waals surface area contributed by atoms with Crippen LogP contribution in [0.25, 0.3) is 0 Å². The van der Waals surface area contributed by atoms with Crippen molar-refractivity contribution in [3.05, 3.63) is 29.8 Å². The molecule has 0 unspecified atom stereocenters. The summed E-state index contributed by atoms with van der Waals surface area (Å²) in [5.41, 5.74) is 0. The Morgan fingerprint density at radius 2 is 2.15 bits per heavy atom. The maximum atomic E-state index is 13.0. The van der Waals surface area contributed by atoms with Gasteiger partial charge in [0, 0.05) is 16.7 Å². The number of aliphatic hydroxyl groups is 1. The van der Waals surface area contributed by atoms with E-state index >= 15 is 0 Å². The predicted octanol–water partition coefficient (Wildman–Crippen LogP) is 2.44. The van der Waals surface area contributed by atoms with Crippen LogP contribution in [0.5, 0.6) is 0 Å². The molecule has 0 fully saturated rings. The summed E-state index contributed by atoms with van der Waals surface area (Å²) in [6, 6.07) is 3.41. The molecule has 1 N–H and O–H groups in total. The Balaban J connectivity index is 2.67. The molecule has 1 aromatic carbocycles. The van der Waals surface area contributed by atoms with Gasteiger partial charge in [-0.2, -0.15) is 0 Å². The van der Waals surface area contributed by atoms with Crippen LogP contribution in [-0.2, 0) is 0 Å². The van der Waals surface area contributed by atoms with Crippen molar-refractivity contribution in [3.8, 4) is 0 Å². The van der Waals surface area contributed by atoms with Gasteiger partial charge in [-0.05, 0) is 19.1 Å². The molecule has 0 bridgehead atoms. The molecular formula is C9H10F2OS. The Bertz CT molecular complexity index is 289. The smallest absolute Gasteiger partial charge is 0.139 e. The average molecular weight is 204 g/mol. The molecule has 0 saturated carbocycles. The zero-order chi connectivity index (χ0) is 9.84. The molecular weight excluding hydrogens is 194 g/mol. The highest BCUT2D eigenvalue weighted by Crippen LogP contribution is 2.22. The van der Waals surface area contributed by atoms with E-state index in [-0.39, 0.29) is 0 Å². The average Bonchev–Trinajstić information content (AvgIpc) is 2.02. The molecule has 72 valence electrons. The Labute approximate surface area is 79.8 Å². The van der Waals surface area contributed by atoms with Crippen LogP contribution in [0.3, 0.4) is 0 Å². The zero-order valence-corrected chi connectivity index (χ0v) is 7.94. The summed E-state index contributed by atoms with van der Waals surface area (Å²) < 4.78 is 25.4. The van der Waals surface area contributed by atoms with Gasteiger partial charge in [-0.1, -0.05) is 0 Å². The second kappa shape index (κ2) is 4.58. The summed E-state index contributed by atoms with van der Waals surface area (Å²) in [5.74, 6) is -0.757. The van der Waals surface area contributed by atoms with Crippen LogP contribution < -0.4 is 0 Å². The highest BCUT2D eigenvalue weighted by atomic mass is 32.2. The predicted molar refractivity (Wildman–Crippen MR) is 48.8 cm³/mol. The van der Waals surface area contributed by atoms with Crippen molar-refractivity contribution in [2.75, 3.05) is 5.75 Å². The Kier molecular flexibility index (Phi) is 3.69. The third kappa shape index (κ3) is 3.32. The summed E-state index contributed by atoms with van der Waals surface area (Å²) in [5, 5.41) is 8.94. The number of rotatable bonds is 3. The lowest BCUT2D eigenvalue weighted by atomic mass is 10.3. The summed E-state index contributed by atoms with van der Waals surface area (Å²) in [6.45, 7) is 1.62. The fraction of sp³-hybridized carbons (Fsp3) is 0.333. The highest BCUT2D eigenvalue weighted by molar-refractivity contribution is 7.99. The Morgan fingerprint density at radius 3 is 2.69 bits per heavy atom. The molecule has 1 rings (SSSR count). The minimum absolute atomic E-state index is 0.363. The summed E-state index contributed by atoms with van der Waals surface area (Å²) in [7, 11) is 0. The molecule has 0 aromatic heterocycles. The van der Waals surface area contributed by atoms with Gasteiger partial charge in [0.05, 0.1) is 6.10 Å². The van der Waals surface area contributed by atoms with E-state index in [0.717, 1.165) is 6.07 Å². The summed E-state index contributed by atoms with van der Waals surface area (Å²) in [4.78, 5) is 0.363. The molecule has 0 radical (unpaired) electrons. The molecule has 0 saturated heterocycles. The topological polar surface area (TPSA) is 20.2 Å². The maximum absolute atomic E-state index is 13.0. The van der Waals surface area contributed by atoms with Crippen molar-refractivity contribution in [1.29, 1.82) is 0 Å². The molecule has 0 amide bonds. The second-order valence-corrected chi connectivity index (χ2v) is 3.80. The summed E-state index contributed by atoms with van der Waals surface area (Å²) in [6.07, 6.45) is -0.491. The van der Waals surface area contributed by atoms with E-state index in [0.29, 0.717) is 10.6 Å². The van der Waals surface area contributed by atoms with Crippen LogP contribution >= 0.6 is 11.8 Å². The van der Waals surface area contributed by atoms with E-state index in [4.69, 9.17) is 5.11 Å².